The van der Waals surface area contributed by atoms with Crippen molar-refractivity contribution >= 4 is 56.5 Å². The molecular formula is C19H12Cl2N2O3S. The number of benzene rings is 2. The number of nitrogens with zero attached hydrogens (tertiary/aromatic N) is 1. The lowest BCUT2D eigenvalue weighted by molar-refractivity contribution is 0.102. The van der Waals surface area contributed by atoms with Crippen LogP contribution in [0.4, 0.5) is 5.13 Å². The molecule has 0 saturated heterocycles. The molecule has 2 aromatic carbocycles. The summed E-state index contributed by atoms with van der Waals surface area (Å²) in [6.45, 7) is 0. The Morgan fingerprint density at radius 1 is 1.19 bits per heavy atom. The third-order valence-electron chi connectivity index (χ3n) is 3.88. The van der Waals surface area contributed by atoms with Crippen molar-refractivity contribution in [3.8, 4) is 17.2 Å². The molecule has 0 atom stereocenters. The standard InChI is InChI=1S/C19H12Cl2N2O3S/c1-25-12-3-5-16-10(6-12)7-17(26-16)15-9-27-19(22-15)23-18(24)13-4-2-11(20)8-14(13)21/h2-9H,1H3,(H,22,23,24). The minimum Gasteiger partial charge on any atom is -0.497 e. The van der Waals surface area contributed by atoms with E-state index in [0.717, 1.165) is 16.7 Å². The molecule has 1 amide bonds. The topological polar surface area (TPSA) is 64.4 Å². The second-order valence-corrected chi connectivity index (χ2v) is 7.33. The summed E-state index contributed by atoms with van der Waals surface area (Å²) in [6.07, 6.45) is 0. The number of furan rings is 1. The number of fused-ring (bicyclic) bond motifs is 1. The van der Waals surface area contributed by atoms with Gasteiger partial charge in [-0.05, 0) is 42.5 Å². The van der Waals surface area contributed by atoms with Gasteiger partial charge in [0.2, 0.25) is 0 Å². The molecule has 8 heteroatoms. The van der Waals surface area contributed by atoms with Crippen molar-refractivity contribution in [3.63, 3.8) is 0 Å². The molecule has 0 saturated carbocycles. The van der Waals surface area contributed by atoms with E-state index in [0.29, 0.717) is 27.2 Å². The van der Waals surface area contributed by atoms with Crippen LogP contribution in [0.2, 0.25) is 10.0 Å². The van der Waals surface area contributed by atoms with E-state index in [9.17, 15) is 4.79 Å². The van der Waals surface area contributed by atoms with Crippen molar-refractivity contribution < 1.29 is 13.9 Å². The van der Waals surface area contributed by atoms with E-state index in [4.69, 9.17) is 32.4 Å². The highest BCUT2D eigenvalue weighted by Gasteiger charge is 2.15. The van der Waals surface area contributed by atoms with Crippen LogP contribution in [0, 0.1) is 0 Å². The van der Waals surface area contributed by atoms with Crippen LogP contribution in [0.3, 0.4) is 0 Å². The number of halogens is 2. The SMILES string of the molecule is COc1ccc2oc(-c3csc(NC(=O)c4ccc(Cl)cc4Cl)n3)cc2c1. The number of anilines is 1. The van der Waals surface area contributed by atoms with Crippen molar-refractivity contribution in [2.75, 3.05) is 12.4 Å². The third kappa shape index (κ3) is 3.64. The molecule has 27 heavy (non-hydrogen) atoms. The van der Waals surface area contributed by atoms with Gasteiger partial charge in [-0.15, -0.1) is 11.3 Å². The summed E-state index contributed by atoms with van der Waals surface area (Å²) >= 11 is 13.2. The number of nitrogens with one attached hydrogen (secondary N) is 1. The van der Waals surface area contributed by atoms with E-state index in [1.165, 1.54) is 17.4 Å². The van der Waals surface area contributed by atoms with Crippen LogP contribution in [-0.4, -0.2) is 18.0 Å². The Morgan fingerprint density at radius 2 is 2.04 bits per heavy atom. The van der Waals surface area contributed by atoms with Gasteiger partial charge in [0.05, 0.1) is 17.7 Å². The zero-order valence-corrected chi connectivity index (χ0v) is 16.3. The Balaban J connectivity index is 1.57. The molecular weight excluding hydrogens is 407 g/mol. The number of carbonyl (C=O) groups excluding carboxylic acids is 1. The Kier molecular flexibility index (Phi) is 4.78. The number of hydrogen-bond acceptors (Lipinski definition) is 5. The van der Waals surface area contributed by atoms with Crippen LogP contribution in [0.15, 0.2) is 52.3 Å². The number of ether oxygens (including phenoxy) is 1. The molecule has 1 N–H and O–H groups in total. The molecule has 0 radical (unpaired) electrons. The maximum absolute atomic E-state index is 12.4. The summed E-state index contributed by atoms with van der Waals surface area (Å²) in [7, 11) is 1.62. The lowest BCUT2D eigenvalue weighted by Gasteiger charge is -2.04. The molecule has 4 aromatic rings. The summed E-state index contributed by atoms with van der Waals surface area (Å²) in [4.78, 5) is 16.8. The van der Waals surface area contributed by atoms with Crippen LogP contribution in [0.5, 0.6) is 5.75 Å². The number of methoxy groups -OCH3 is 1. The summed E-state index contributed by atoms with van der Waals surface area (Å²) in [5, 5.41) is 6.66. The van der Waals surface area contributed by atoms with Gasteiger partial charge in [0.1, 0.15) is 17.0 Å². The second kappa shape index (κ2) is 7.23. The first kappa shape index (κ1) is 17.9. The summed E-state index contributed by atoms with van der Waals surface area (Å²) in [5.41, 5.74) is 1.69. The minimum atomic E-state index is -0.355. The fourth-order valence-electron chi connectivity index (χ4n) is 2.56. The average Bonchev–Trinajstić information content (AvgIpc) is 3.27. The number of aromatic nitrogens is 1. The first-order chi connectivity index (χ1) is 13.0. The quantitative estimate of drug-likeness (QED) is 0.433. The normalized spacial score (nSPS) is 10.9. The molecule has 136 valence electrons. The summed E-state index contributed by atoms with van der Waals surface area (Å²) < 4.78 is 11.1. The van der Waals surface area contributed by atoms with Crippen LogP contribution < -0.4 is 10.1 Å². The monoisotopic (exact) mass is 418 g/mol. The first-order valence-corrected chi connectivity index (χ1v) is 9.47. The zero-order chi connectivity index (χ0) is 19.0. The van der Waals surface area contributed by atoms with E-state index < -0.39 is 0 Å². The lowest BCUT2D eigenvalue weighted by atomic mass is 10.2. The minimum absolute atomic E-state index is 0.281. The van der Waals surface area contributed by atoms with Gasteiger partial charge in [-0.2, -0.15) is 0 Å². The predicted molar refractivity (Wildman–Crippen MR) is 108 cm³/mol. The van der Waals surface area contributed by atoms with Crippen molar-refractivity contribution in [2.45, 2.75) is 0 Å². The van der Waals surface area contributed by atoms with E-state index in [1.807, 2.05) is 29.6 Å². The van der Waals surface area contributed by atoms with Crippen molar-refractivity contribution in [2.24, 2.45) is 0 Å². The maximum Gasteiger partial charge on any atom is 0.258 e. The van der Waals surface area contributed by atoms with E-state index in [1.54, 1.807) is 19.2 Å². The van der Waals surface area contributed by atoms with Gasteiger partial charge >= 0.3 is 0 Å². The smallest absolute Gasteiger partial charge is 0.258 e. The molecule has 0 spiro atoms. The lowest BCUT2D eigenvalue weighted by Crippen LogP contribution is -2.12. The molecule has 0 fully saturated rings. The predicted octanol–water partition coefficient (Wildman–Crippen LogP) is 6.12. The Labute approximate surface area is 168 Å². The number of carbonyl (C=O) groups is 1. The third-order valence-corrected chi connectivity index (χ3v) is 5.18. The van der Waals surface area contributed by atoms with Gasteiger partial charge in [0, 0.05) is 15.8 Å². The summed E-state index contributed by atoms with van der Waals surface area (Å²) in [5.74, 6) is 1.01. The highest BCUT2D eigenvalue weighted by Crippen LogP contribution is 2.32. The van der Waals surface area contributed by atoms with Crippen molar-refractivity contribution in [3.05, 3.63) is 63.5 Å². The van der Waals surface area contributed by atoms with Gasteiger partial charge < -0.3 is 9.15 Å². The molecule has 0 unspecified atom stereocenters. The second-order valence-electron chi connectivity index (χ2n) is 5.63. The molecule has 4 rings (SSSR count). The number of amides is 1. The van der Waals surface area contributed by atoms with Crippen LogP contribution >= 0.6 is 34.5 Å². The molecule has 0 aliphatic heterocycles. The van der Waals surface area contributed by atoms with Crippen molar-refractivity contribution in [1.29, 1.82) is 0 Å². The first-order valence-electron chi connectivity index (χ1n) is 7.83. The number of rotatable bonds is 4. The molecule has 2 heterocycles. The van der Waals surface area contributed by atoms with Crippen LogP contribution in [0.1, 0.15) is 10.4 Å². The van der Waals surface area contributed by atoms with Gasteiger partial charge in [-0.1, -0.05) is 23.2 Å². The number of hydrogen-bond donors (Lipinski definition) is 1. The molecule has 2 aromatic heterocycles. The van der Waals surface area contributed by atoms with Crippen LogP contribution in [0.25, 0.3) is 22.4 Å². The average molecular weight is 419 g/mol. The number of thiazole rings is 1. The van der Waals surface area contributed by atoms with Gasteiger partial charge in [0.25, 0.3) is 5.91 Å². The highest BCUT2D eigenvalue weighted by atomic mass is 35.5. The van der Waals surface area contributed by atoms with E-state index in [-0.39, 0.29) is 10.9 Å². The fourth-order valence-corrected chi connectivity index (χ4v) is 3.75. The highest BCUT2D eigenvalue weighted by molar-refractivity contribution is 7.14. The largest absolute Gasteiger partial charge is 0.497 e. The Bertz CT molecular complexity index is 1150. The molecule has 0 aliphatic carbocycles. The van der Waals surface area contributed by atoms with Crippen LogP contribution in [-0.2, 0) is 0 Å². The Hall–Kier alpha value is -2.54. The Morgan fingerprint density at radius 3 is 2.81 bits per heavy atom. The van der Waals surface area contributed by atoms with E-state index >= 15 is 0 Å². The molecule has 0 aliphatic rings. The van der Waals surface area contributed by atoms with Gasteiger partial charge in [-0.25, -0.2) is 4.98 Å². The van der Waals surface area contributed by atoms with Gasteiger partial charge in [-0.3, -0.25) is 10.1 Å². The van der Waals surface area contributed by atoms with Gasteiger partial charge in [0.15, 0.2) is 10.9 Å². The molecule has 0 bridgehead atoms. The van der Waals surface area contributed by atoms with Crippen molar-refractivity contribution in [1.82, 2.24) is 4.98 Å². The molecule has 5 nitrogen and oxygen atoms in total. The summed E-state index contributed by atoms with van der Waals surface area (Å²) in [6, 6.07) is 12.1. The van der Waals surface area contributed by atoms with E-state index in [2.05, 4.69) is 10.3 Å². The fraction of sp³-hybridized carbons (Fsp3) is 0.0526. The maximum atomic E-state index is 12.4. The zero-order valence-electron chi connectivity index (χ0n) is 14.0.